The molecule has 0 radical (unpaired) electrons. The predicted octanol–water partition coefficient (Wildman–Crippen LogP) is 1.65. The number of nitrogens with two attached hydrogens (primary N) is 1. The normalized spacial score (nSPS) is 19.1. The van der Waals surface area contributed by atoms with E-state index in [0.717, 1.165) is 30.6 Å². The van der Waals surface area contributed by atoms with Crippen LogP contribution in [-0.4, -0.2) is 29.1 Å². The molecule has 2 aliphatic carbocycles. The van der Waals surface area contributed by atoms with E-state index in [0.29, 0.717) is 6.04 Å². The van der Waals surface area contributed by atoms with E-state index in [-0.39, 0.29) is 5.84 Å². The molecule has 0 saturated heterocycles. The number of pyridine rings is 1. The molecule has 0 unspecified atom stereocenters. The molecule has 1 saturated carbocycles. The molecule has 3 rings (SSSR count). The standard InChI is InChI=1S/C14H20N4O/c1-18(10-5-3-6-10)14-11(13(15)17-19)8-9-4-2-7-12(9)16-14/h8,10,19H,2-7H2,1H3,(H2,15,17). The molecule has 5 heteroatoms. The fourth-order valence-electron chi connectivity index (χ4n) is 2.92. The lowest BCUT2D eigenvalue weighted by Gasteiger charge is -2.36. The third-order valence-electron chi connectivity index (χ3n) is 4.37. The molecule has 2 aliphatic rings. The molecule has 1 aromatic heterocycles. The van der Waals surface area contributed by atoms with Gasteiger partial charge in [0.15, 0.2) is 5.84 Å². The number of fused-ring (bicyclic) bond motifs is 1. The molecular weight excluding hydrogens is 240 g/mol. The van der Waals surface area contributed by atoms with Crippen molar-refractivity contribution in [2.45, 2.75) is 44.6 Å². The van der Waals surface area contributed by atoms with E-state index in [2.05, 4.69) is 23.2 Å². The third kappa shape index (κ3) is 2.03. The largest absolute Gasteiger partial charge is 0.409 e. The fraction of sp³-hybridized carbons (Fsp3) is 0.571. The van der Waals surface area contributed by atoms with Crippen LogP contribution in [0.4, 0.5) is 5.82 Å². The zero-order valence-electron chi connectivity index (χ0n) is 11.3. The van der Waals surface area contributed by atoms with Gasteiger partial charge in [-0.3, -0.25) is 0 Å². The predicted molar refractivity (Wildman–Crippen MR) is 74.8 cm³/mol. The molecule has 1 fully saturated rings. The molecule has 102 valence electrons. The van der Waals surface area contributed by atoms with Crippen LogP contribution in [0.2, 0.25) is 0 Å². The quantitative estimate of drug-likeness (QED) is 0.375. The maximum Gasteiger partial charge on any atom is 0.173 e. The first-order valence-corrected chi connectivity index (χ1v) is 6.94. The highest BCUT2D eigenvalue weighted by atomic mass is 16.4. The SMILES string of the molecule is CN(c1nc2c(cc1C(N)=NO)CCC2)C1CCC1. The summed E-state index contributed by atoms with van der Waals surface area (Å²) < 4.78 is 0. The van der Waals surface area contributed by atoms with Crippen LogP contribution in [0.3, 0.4) is 0 Å². The van der Waals surface area contributed by atoms with Crippen molar-refractivity contribution in [2.75, 3.05) is 11.9 Å². The lowest BCUT2D eigenvalue weighted by atomic mass is 9.91. The Morgan fingerprint density at radius 3 is 2.84 bits per heavy atom. The molecule has 1 aromatic rings. The Bertz CT molecular complexity index is 522. The van der Waals surface area contributed by atoms with Gasteiger partial charge in [-0.1, -0.05) is 5.16 Å². The van der Waals surface area contributed by atoms with Gasteiger partial charge in [-0.2, -0.15) is 0 Å². The van der Waals surface area contributed by atoms with Gasteiger partial charge in [0.25, 0.3) is 0 Å². The van der Waals surface area contributed by atoms with Crippen molar-refractivity contribution in [3.63, 3.8) is 0 Å². The minimum absolute atomic E-state index is 0.156. The van der Waals surface area contributed by atoms with Crippen LogP contribution >= 0.6 is 0 Å². The Balaban J connectivity index is 2.04. The highest BCUT2D eigenvalue weighted by molar-refractivity contribution is 6.01. The van der Waals surface area contributed by atoms with Gasteiger partial charge < -0.3 is 15.8 Å². The van der Waals surface area contributed by atoms with Crippen molar-refractivity contribution in [3.8, 4) is 0 Å². The van der Waals surface area contributed by atoms with Crippen molar-refractivity contribution in [1.82, 2.24) is 4.98 Å². The van der Waals surface area contributed by atoms with Crippen LogP contribution in [0.5, 0.6) is 0 Å². The van der Waals surface area contributed by atoms with Crippen LogP contribution < -0.4 is 10.6 Å². The number of hydrogen-bond acceptors (Lipinski definition) is 4. The molecule has 1 heterocycles. The molecule has 0 aromatic carbocycles. The smallest absolute Gasteiger partial charge is 0.173 e. The van der Waals surface area contributed by atoms with Gasteiger partial charge in [-0.25, -0.2) is 4.98 Å². The second-order valence-electron chi connectivity index (χ2n) is 5.50. The summed E-state index contributed by atoms with van der Waals surface area (Å²) >= 11 is 0. The van der Waals surface area contributed by atoms with Gasteiger partial charge in [0.2, 0.25) is 0 Å². The van der Waals surface area contributed by atoms with Crippen molar-refractivity contribution >= 4 is 11.7 Å². The molecule has 0 aliphatic heterocycles. The van der Waals surface area contributed by atoms with Gasteiger partial charge in [0.1, 0.15) is 5.82 Å². The molecule has 3 N–H and O–H groups in total. The first-order valence-electron chi connectivity index (χ1n) is 6.94. The maximum atomic E-state index is 8.97. The first-order chi connectivity index (χ1) is 9.20. The molecule has 0 spiro atoms. The molecule has 19 heavy (non-hydrogen) atoms. The summed E-state index contributed by atoms with van der Waals surface area (Å²) in [5.41, 5.74) is 9.00. The number of anilines is 1. The van der Waals surface area contributed by atoms with E-state index in [1.807, 2.05) is 0 Å². The molecule has 0 atom stereocenters. The Kier molecular flexibility index (Phi) is 3.05. The van der Waals surface area contributed by atoms with Gasteiger partial charge in [-0.15, -0.1) is 0 Å². The van der Waals surface area contributed by atoms with Gasteiger partial charge in [0, 0.05) is 18.8 Å². The van der Waals surface area contributed by atoms with Crippen molar-refractivity contribution in [3.05, 3.63) is 22.9 Å². The number of hydrogen-bond donors (Lipinski definition) is 2. The topological polar surface area (TPSA) is 74.7 Å². The third-order valence-corrected chi connectivity index (χ3v) is 4.37. The second kappa shape index (κ2) is 4.72. The highest BCUT2D eigenvalue weighted by Gasteiger charge is 2.27. The van der Waals surface area contributed by atoms with Crippen LogP contribution in [0.1, 0.15) is 42.5 Å². The lowest BCUT2D eigenvalue weighted by molar-refractivity contribution is 0.318. The van der Waals surface area contributed by atoms with E-state index in [9.17, 15) is 0 Å². The average Bonchev–Trinajstić information content (AvgIpc) is 2.81. The molecule has 0 bridgehead atoms. The number of nitrogens with zero attached hydrogens (tertiary/aromatic N) is 3. The Hall–Kier alpha value is -1.78. The number of oxime groups is 1. The summed E-state index contributed by atoms with van der Waals surface area (Å²) in [6.45, 7) is 0. The molecule has 0 amide bonds. The van der Waals surface area contributed by atoms with Crippen molar-refractivity contribution in [2.24, 2.45) is 10.9 Å². The summed E-state index contributed by atoms with van der Waals surface area (Å²) in [5.74, 6) is 1.02. The van der Waals surface area contributed by atoms with E-state index >= 15 is 0 Å². The maximum absolute atomic E-state index is 8.97. The van der Waals surface area contributed by atoms with Gasteiger partial charge in [-0.05, 0) is 50.2 Å². The summed E-state index contributed by atoms with van der Waals surface area (Å²) in [6, 6.07) is 2.59. The Morgan fingerprint density at radius 1 is 1.42 bits per heavy atom. The van der Waals surface area contributed by atoms with Gasteiger partial charge in [0.05, 0.1) is 5.56 Å². The van der Waals surface area contributed by atoms with Crippen molar-refractivity contribution < 1.29 is 5.21 Å². The fourth-order valence-corrected chi connectivity index (χ4v) is 2.92. The van der Waals surface area contributed by atoms with E-state index in [1.165, 1.54) is 30.5 Å². The summed E-state index contributed by atoms with van der Waals surface area (Å²) in [6.07, 6.45) is 6.90. The number of rotatable bonds is 3. The van der Waals surface area contributed by atoms with Crippen LogP contribution in [0.25, 0.3) is 0 Å². The van der Waals surface area contributed by atoms with Gasteiger partial charge >= 0.3 is 0 Å². The Labute approximate surface area is 113 Å². The second-order valence-corrected chi connectivity index (χ2v) is 5.50. The highest BCUT2D eigenvalue weighted by Crippen LogP contribution is 2.32. The summed E-state index contributed by atoms with van der Waals surface area (Å²) in [5, 5.41) is 12.1. The van der Waals surface area contributed by atoms with Crippen LogP contribution in [0, 0.1) is 0 Å². The van der Waals surface area contributed by atoms with E-state index < -0.39 is 0 Å². The van der Waals surface area contributed by atoms with Crippen LogP contribution in [-0.2, 0) is 12.8 Å². The molecule has 5 nitrogen and oxygen atoms in total. The summed E-state index contributed by atoms with van der Waals surface area (Å²) in [4.78, 5) is 6.97. The first kappa shape index (κ1) is 12.3. The zero-order valence-corrected chi connectivity index (χ0v) is 11.3. The average molecular weight is 260 g/mol. The lowest BCUT2D eigenvalue weighted by Crippen LogP contribution is -2.39. The zero-order chi connectivity index (χ0) is 13.4. The number of aryl methyl sites for hydroxylation is 2. The van der Waals surface area contributed by atoms with E-state index in [4.69, 9.17) is 15.9 Å². The number of aromatic nitrogens is 1. The monoisotopic (exact) mass is 260 g/mol. The number of amidine groups is 1. The van der Waals surface area contributed by atoms with Crippen molar-refractivity contribution in [1.29, 1.82) is 0 Å². The molecular formula is C14H20N4O. The van der Waals surface area contributed by atoms with E-state index in [1.54, 1.807) is 0 Å². The van der Waals surface area contributed by atoms with Crippen LogP contribution in [0.15, 0.2) is 11.2 Å². The summed E-state index contributed by atoms with van der Waals surface area (Å²) in [7, 11) is 2.06. The Morgan fingerprint density at radius 2 is 2.21 bits per heavy atom. The minimum Gasteiger partial charge on any atom is -0.409 e. The minimum atomic E-state index is 0.156.